The van der Waals surface area contributed by atoms with E-state index in [4.69, 9.17) is 26.3 Å². The van der Waals surface area contributed by atoms with Crippen LogP contribution in [0.4, 0.5) is 5.69 Å². The van der Waals surface area contributed by atoms with E-state index >= 15 is 0 Å². The molecule has 0 aliphatic rings. The first-order valence-corrected chi connectivity index (χ1v) is 10.6. The highest BCUT2D eigenvalue weighted by atomic mass is 35.5. The Kier molecular flexibility index (Phi) is 9.03. The van der Waals surface area contributed by atoms with Gasteiger partial charge in [-0.3, -0.25) is 4.79 Å². The van der Waals surface area contributed by atoms with Crippen molar-refractivity contribution in [3.8, 4) is 11.8 Å². The van der Waals surface area contributed by atoms with Gasteiger partial charge in [0.15, 0.2) is 13.2 Å². The van der Waals surface area contributed by atoms with Crippen LogP contribution in [0, 0.1) is 18.3 Å². The van der Waals surface area contributed by atoms with E-state index in [0.29, 0.717) is 16.5 Å². The normalized spacial score (nSPS) is 10.4. The molecule has 1 N–H and O–H groups in total. The van der Waals surface area contributed by atoms with E-state index in [1.807, 2.05) is 39.0 Å². The van der Waals surface area contributed by atoms with Crippen molar-refractivity contribution >= 4 is 40.9 Å². The number of carbonyl (C=O) groups is 2. The maximum atomic E-state index is 12.1. The second-order valence-electron chi connectivity index (χ2n) is 6.73. The summed E-state index contributed by atoms with van der Waals surface area (Å²) in [6, 6.07) is 12.8. The van der Waals surface area contributed by atoms with E-state index in [1.54, 1.807) is 24.3 Å². The Morgan fingerprint density at radius 1 is 1.23 bits per heavy atom. The molecule has 0 heterocycles. The number of ether oxygens (including phenoxy) is 2. The van der Waals surface area contributed by atoms with Crippen LogP contribution in [-0.4, -0.2) is 30.8 Å². The number of amides is 1. The third-order valence-corrected chi connectivity index (χ3v) is 5.42. The van der Waals surface area contributed by atoms with Crippen molar-refractivity contribution in [1.29, 1.82) is 5.26 Å². The highest BCUT2D eigenvalue weighted by Crippen LogP contribution is 2.32. The molecule has 0 unspecified atom stereocenters. The largest absolute Gasteiger partial charge is 0.482 e. The van der Waals surface area contributed by atoms with Gasteiger partial charge in [0, 0.05) is 9.92 Å². The summed E-state index contributed by atoms with van der Waals surface area (Å²) in [5.74, 6) is -0.129. The molecule has 8 heteroatoms. The number of rotatable bonds is 9. The first-order valence-electron chi connectivity index (χ1n) is 9.29. The Balaban J connectivity index is 1.88. The Morgan fingerprint density at radius 3 is 2.67 bits per heavy atom. The number of carbonyl (C=O) groups excluding carboxylic acids is 2. The first kappa shape index (κ1) is 23.6. The van der Waals surface area contributed by atoms with Crippen LogP contribution in [0.3, 0.4) is 0 Å². The smallest absolute Gasteiger partial charge is 0.344 e. The Hall–Kier alpha value is -2.69. The van der Waals surface area contributed by atoms with Crippen molar-refractivity contribution in [2.45, 2.75) is 31.6 Å². The molecule has 0 saturated carbocycles. The van der Waals surface area contributed by atoms with Gasteiger partial charge in [-0.2, -0.15) is 5.26 Å². The van der Waals surface area contributed by atoms with E-state index in [-0.39, 0.29) is 18.3 Å². The standard InChI is InChI=1S/C22H23ClN2O4S/c1-14(2)16-11-17(23)15(3)10-19(16)28-13-22(27)29-12-21(26)25-18-6-4-5-7-20(18)30-9-8-24/h4-7,10-11,14H,9,12-13H2,1-3H3,(H,25,26). The Morgan fingerprint density at radius 2 is 1.97 bits per heavy atom. The van der Waals surface area contributed by atoms with Gasteiger partial charge in [-0.15, -0.1) is 11.8 Å². The molecule has 0 saturated heterocycles. The third-order valence-electron chi connectivity index (χ3n) is 4.08. The summed E-state index contributed by atoms with van der Waals surface area (Å²) in [7, 11) is 0. The lowest BCUT2D eigenvalue weighted by Crippen LogP contribution is -2.24. The summed E-state index contributed by atoms with van der Waals surface area (Å²) >= 11 is 7.49. The summed E-state index contributed by atoms with van der Waals surface area (Å²) in [4.78, 5) is 24.9. The molecular weight excluding hydrogens is 424 g/mol. The number of thioether (sulfide) groups is 1. The molecule has 0 bridgehead atoms. The molecule has 30 heavy (non-hydrogen) atoms. The van der Waals surface area contributed by atoms with Gasteiger partial charge in [0.2, 0.25) is 0 Å². The number of benzene rings is 2. The number of nitriles is 1. The minimum atomic E-state index is -0.653. The van der Waals surface area contributed by atoms with Crippen LogP contribution in [0.2, 0.25) is 5.02 Å². The number of hydrogen-bond donors (Lipinski definition) is 1. The van der Waals surface area contributed by atoms with Gasteiger partial charge < -0.3 is 14.8 Å². The first-order chi connectivity index (χ1) is 14.3. The molecule has 2 aromatic rings. The Bertz CT molecular complexity index is 957. The molecule has 0 aliphatic heterocycles. The fourth-order valence-electron chi connectivity index (χ4n) is 2.56. The van der Waals surface area contributed by atoms with Crippen molar-refractivity contribution in [3.63, 3.8) is 0 Å². The van der Waals surface area contributed by atoms with Crippen LogP contribution in [0.5, 0.6) is 5.75 Å². The predicted molar refractivity (Wildman–Crippen MR) is 118 cm³/mol. The van der Waals surface area contributed by atoms with E-state index in [9.17, 15) is 9.59 Å². The van der Waals surface area contributed by atoms with Crippen molar-refractivity contribution in [3.05, 3.63) is 52.5 Å². The van der Waals surface area contributed by atoms with E-state index in [1.165, 1.54) is 11.8 Å². The molecule has 0 spiro atoms. The van der Waals surface area contributed by atoms with Gasteiger partial charge in [0.05, 0.1) is 17.5 Å². The molecule has 0 fully saturated rings. The maximum absolute atomic E-state index is 12.1. The van der Waals surface area contributed by atoms with Gasteiger partial charge >= 0.3 is 5.97 Å². The fraction of sp³-hybridized carbons (Fsp3) is 0.318. The van der Waals surface area contributed by atoms with Crippen LogP contribution in [0.15, 0.2) is 41.3 Å². The maximum Gasteiger partial charge on any atom is 0.344 e. The van der Waals surface area contributed by atoms with Crippen LogP contribution in [0.25, 0.3) is 0 Å². The second-order valence-corrected chi connectivity index (χ2v) is 8.16. The topological polar surface area (TPSA) is 88.4 Å². The molecule has 0 aromatic heterocycles. The van der Waals surface area contributed by atoms with Crippen LogP contribution >= 0.6 is 23.4 Å². The number of halogens is 1. The number of aryl methyl sites for hydroxylation is 1. The van der Waals surface area contributed by atoms with Gasteiger partial charge in [0.1, 0.15) is 5.75 Å². The van der Waals surface area contributed by atoms with Gasteiger partial charge in [0.25, 0.3) is 5.91 Å². The zero-order chi connectivity index (χ0) is 22.1. The summed E-state index contributed by atoms with van der Waals surface area (Å²) in [6.45, 7) is 5.11. The zero-order valence-electron chi connectivity index (χ0n) is 17.0. The minimum absolute atomic E-state index is 0.166. The van der Waals surface area contributed by atoms with Gasteiger partial charge in [-0.1, -0.05) is 37.6 Å². The van der Waals surface area contributed by atoms with E-state index in [2.05, 4.69) is 5.32 Å². The number of para-hydroxylation sites is 1. The predicted octanol–water partition coefficient (Wildman–Crippen LogP) is 4.95. The molecular formula is C22H23ClN2O4S. The average Bonchev–Trinajstić information content (AvgIpc) is 2.72. The number of anilines is 1. The fourth-order valence-corrected chi connectivity index (χ4v) is 3.40. The van der Waals surface area contributed by atoms with Crippen LogP contribution in [-0.2, 0) is 14.3 Å². The molecule has 2 aromatic carbocycles. The number of nitrogens with one attached hydrogen (secondary N) is 1. The van der Waals surface area contributed by atoms with Crippen LogP contribution < -0.4 is 10.1 Å². The van der Waals surface area contributed by atoms with Crippen molar-refractivity contribution in [2.75, 3.05) is 24.3 Å². The quantitative estimate of drug-likeness (QED) is 0.433. The molecule has 2 rings (SSSR count). The number of nitrogens with zero attached hydrogens (tertiary/aromatic N) is 1. The Labute approximate surface area is 185 Å². The van der Waals surface area contributed by atoms with Crippen LogP contribution in [0.1, 0.15) is 30.9 Å². The molecule has 1 amide bonds. The molecule has 158 valence electrons. The lowest BCUT2D eigenvalue weighted by atomic mass is 10.0. The zero-order valence-corrected chi connectivity index (χ0v) is 18.6. The lowest BCUT2D eigenvalue weighted by molar-refractivity contribution is -0.149. The van der Waals surface area contributed by atoms with E-state index < -0.39 is 18.5 Å². The minimum Gasteiger partial charge on any atom is -0.482 e. The monoisotopic (exact) mass is 446 g/mol. The average molecular weight is 447 g/mol. The van der Waals surface area contributed by atoms with Crippen molar-refractivity contribution < 1.29 is 19.1 Å². The number of hydrogen-bond acceptors (Lipinski definition) is 6. The highest BCUT2D eigenvalue weighted by molar-refractivity contribution is 7.99. The third kappa shape index (κ3) is 6.97. The van der Waals surface area contributed by atoms with Crippen molar-refractivity contribution in [1.82, 2.24) is 0 Å². The molecule has 0 radical (unpaired) electrons. The molecule has 0 aliphatic carbocycles. The van der Waals surface area contributed by atoms with Gasteiger partial charge in [-0.05, 0) is 48.2 Å². The summed E-state index contributed by atoms with van der Waals surface area (Å²) in [6.07, 6.45) is 0. The van der Waals surface area contributed by atoms with Gasteiger partial charge in [-0.25, -0.2) is 4.79 Å². The summed E-state index contributed by atoms with van der Waals surface area (Å²) < 4.78 is 10.6. The number of esters is 1. The molecule has 0 atom stereocenters. The van der Waals surface area contributed by atoms with Crippen molar-refractivity contribution in [2.24, 2.45) is 0 Å². The summed E-state index contributed by atoms with van der Waals surface area (Å²) in [5.41, 5.74) is 2.30. The highest BCUT2D eigenvalue weighted by Gasteiger charge is 2.14. The summed E-state index contributed by atoms with van der Waals surface area (Å²) in [5, 5.41) is 12.0. The van der Waals surface area contributed by atoms with E-state index in [0.717, 1.165) is 16.0 Å². The SMILES string of the molecule is Cc1cc(OCC(=O)OCC(=O)Nc2ccccc2SCC#N)c(C(C)C)cc1Cl. The molecule has 6 nitrogen and oxygen atoms in total. The lowest BCUT2D eigenvalue weighted by Gasteiger charge is -2.15. The second kappa shape index (κ2) is 11.5.